The van der Waals surface area contributed by atoms with Gasteiger partial charge >= 0.3 is 5.97 Å². The van der Waals surface area contributed by atoms with Gasteiger partial charge in [0.25, 0.3) is 0 Å². The summed E-state index contributed by atoms with van der Waals surface area (Å²) < 4.78 is 0. The highest BCUT2D eigenvalue weighted by molar-refractivity contribution is 5.79. The van der Waals surface area contributed by atoms with Gasteiger partial charge in [0, 0.05) is 19.7 Å². The molecule has 0 bridgehead atoms. The molecule has 3 rings (SSSR count). The van der Waals surface area contributed by atoms with Gasteiger partial charge in [0.05, 0.1) is 6.42 Å². The highest BCUT2D eigenvalue weighted by Crippen LogP contribution is 2.35. The summed E-state index contributed by atoms with van der Waals surface area (Å²) in [4.78, 5) is 25.5. The van der Waals surface area contributed by atoms with Crippen LogP contribution in [0.25, 0.3) is 0 Å². The molecule has 1 N–H and O–H groups in total. The van der Waals surface area contributed by atoms with Crippen LogP contribution < -0.4 is 0 Å². The molecule has 0 aliphatic rings. The third-order valence-electron chi connectivity index (χ3n) is 6.35. The monoisotopic (exact) mass is 455 g/mol. The van der Waals surface area contributed by atoms with Crippen molar-refractivity contribution in [2.24, 2.45) is 0 Å². The Hall–Kier alpha value is -3.66. The zero-order valence-corrected chi connectivity index (χ0v) is 19.9. The standard InChI is InChI=1S/C30H33NO3/c1-23(26-12-7-4-8-13-26)28(14-9-15-30(33)34)27-18-16-25(17-19-27)22-29(32)31(2)21-20-24-10-5-3-6-11-24/h3-13,15-19,23,28H,14,20-22H2,1-2H3,(H,33,34). The average Bonchev–Trinajstić information content (AvgIpc) is 2.86. The number of rotatable bonds is 11. The summed E-state index contributed by atoms with van der Waals surface area (Å²) in [6, 6.07) is 28.6. The lowest BCUT2D eigenvalue weighted by atomic mass is 9.80. The second-order valence-corrected chi connectivity index (χ2v) is 8.75. The van der Waals surface area contributed by atoms with Crippen LogP contribution in [0.1, 0.15) is 47.4 Å². The van der Waals surface area contributed by atoms with Crippen molar-refractivity contribution in [1.29, 1.82) is 0 Å². The van der Waals surface area contributed by atoms with Crippen molar-refractivity contribution >= 4 is 11.9 Å². The molecule has 4 nitrogen and oxygen atoms in total. The molecule has 0 saturated carbocycles. The van der Waals surface area contributed by atoms with E-state index >= 15 is 0 Å². The van der Waals surface area contributed by atoms with Crippen molar-refractivity contribution in [2.45, 2.75) is 38.0 Å². The minimum Gasteiger partial charge on any atom is -0.478 e. The molecular weight excluding hydrogens is 422 g/mol. The van der Waals surface area contributed by atoms with Crippen molar-refractivity contribution in [1.82, 2.24) is 4.90 Å². The van der Waals surface area contributed by atoms with Gasteiger partial charge in [-0.05, 0) is 46.9 Å². The third kappa shape index (κ3) is 7.45. The minimum absolute atomic E-state index is 0.0993. The lowest BCUT2D eigenvalue weighted by Crippen LogP contribution is -2.30. The van der Waals surface area contributed by atoms with E-state index in [9.17, 15) is 9.59 Å². The first-order chi connectivity index (χ1) is 16.4. The van der Waals surface area contributed by atoms with Crippen molar-refractivity contribution in [3.8, 4) is 0 Å². The normalized spacial score (nSPS) is 12.9. The van der Waals surface area contributed by atoms with Gasteiger partial charge in [-0.3, -0.25) is 4.79 Å². The number of aliphatic carboxylic acids is 1. The number of nitrogens with zero attached hydrogens (tertiary/aromatic N) is 1. The van der Waals surface area contributed by atoms with Gasteiger partial charge in [-0.2, -0.15) is 0 Å². The molecule has 2 unspecified atom stereocenters. The fourth-order valence-corrected chi connectivity index (χ4v) is 4.19. The number of allylic oxidation sites excluding steroid dienone is 1. The van der Waals surface area contributed by atoms with Crippen LogP contribution in [0.2, 0.25) is 0 Å². The van der Waals surface area contributed by atoms with Gasteiger partial charge in [0.1, 0.15) is 0 Å². The number of likely N-dealkylation sites (N-methyl/N-ethyl adjacent to an activating group) is 1. The molecule has 3 aromatic carbocycles. The molecule has 0 aliphatic heterocycles. The van der Waals surface area contributed by atoms with Crippen LogP contribution in [0.15, 0.2) is 97.1 Å². The number of hydrogen-bond acceptors (Lipinski definition) is 2. The minimum atomic E-state index is -0.934. The van der Waals surface area contributed by atoms with E-state index < -0.39 is 5.97 Å². The summed E-state index contributed by atoms with van der Waals surface area (Å²) in [5.41, 5.74) is 4.56. The number of carbonyl (C=O) groups excluding carboxylic acids is 1. The Bertz CT molecular complexity index is 1080. The summed E-state index contributed by atoms with van der Waals surface area (Å²) >= 11 is 0. The topological polar surface area (TPSA) is 57.6 Å². The summed E-state index contributed by atoms with van der Waals surface area (Å²) in [6.45, 7) is 2.86. The van der Waals surface area contributed by atoms with Crippen LogP contribution in [0.5, 0.6) is 0 Å². The van der Waals surface area contributed by atoms with E-state index in [4.69, 9.17) is 5.11 Å². The van der Waals surface area contributed by atoms with E-state index in [1.807, 2.05) is 55.6 Å². The van der Waals surface area contributed by atoms with Gasteiger partial charge in [-0.1, -0.05) is 97.9 Å². The maximum absolute atomic E-state index is 12.7. The molecule has 176 valence electrons. The van der Waals surface area contributed by atoms with Crippen LogP contribution in [0.4, 0.5) is 0 Å². The van der Waals surface area contributed by atoms with Gasteiger partial charge in [0.15, 0.2) is 0 Å². The van der Waals surface area contributed by atoms with Crippen LogP contribution in [0.3, 0.4) is 0 Å². The molecule has 0 aliphatic carbocycles. The van der Waals surface area contributed by atoms with E-state index in [0.29, 0.717) is 19.4 Å². The molecular formula is C30H33NO3. The van der Waals surface area contributed by atoms with Gasteiger partial charge in [0.2, 0.25) is 5.91 Å². The molecule has 0 heterocycles. The van der Waals surface area contributed by atoms with E-state index in [1.165, 1.54) is 17.2 Å². The maximum Gasteiger partial charge on any atom is 0.327 e. The van der Waals surface area contributed by atoms with Crippen LogP contribution >= 0.6 is 0 Å². The first-order valence-electron chi connectivity index (χ1n) is 11.7. The SMILES string of the molecule is CC(c1ccccc1)C(CC=CC(=O)O)c1ccc(CC(=O)N(C)CCc2ccccc2)cc1. The Morgan fingerprint density at radius 1 is 0.853 bits per heavy atom. The van der Waals surface area contributed by atoms with Crippen molar-refractivity contribution < 1.29 is 14.7 Å². The predicted octanol–water partition coefficient (Wildman–Crippen LogP) is 5.85. The molecule has 0 saturated heterocycles. The number of benzene rings is 3. The molecule has 0 aromatic heterocycles. The number of carboxylic acids is 1. The summed E-state index contributed by atoms with van der Waals surface area (Å²) in [7, 11) is 1.85. The highest BCUT2D eigenvalue weighted by atomic mass is 16.4. The number of hydrogen-bond donors (Lipinski definition) is 1. The molecule has 3 aromatic rings. The second-order valence-electron chi connectivity index (χ2n) is 8.75. The zero-order valence-electron chi connectivity index (χ0n) is 19.9. The fourth-order valence-electron chi connectivity index (χ4n) is 4.19. The Kier molecular flexibility index (Phi) is 9.21. The quantitative estimate of drug-likeness (QED) is 0.369. The number of carbonyl (C=O) groups is 2. The molecule has 0 radical (unpaired) electrons. The van der Waals surface area contributed by atoms with Crippen molar-refractivity contribution in [3.05, 3.63) is 119 Å². The molecule has 4 heteroatoms. The van der Waals surface area contributed by atoms with Crippen LogP contribution in [-0.4, -0.2) is 35.5 Å². The number of amides is 1. The van der Waals surface area contributed by atoms with E-state index in [-0.39, 0.29) is 17.7 Å². The Labute approximate surface area is 202 Å². The van der Waals surface area contributed by atoms with Gasteiger partial charge in [-0.15, -0.1) is 0 Å². The van der Waals surface area contributed by atoms with E-state index in [1.54, 1.807) is 11.0 Å². The smallest absolute Gasteiger partial charge is 0.327 e. The van der Waals surface area contributed by atoms with E-state index in [2.05, 4.69) is 43.3 Å². The fraction of sp³-hybridized carbons (Fsp3) is 0.267. The van der Waals surface area contributed by atoms with Crippen molar-refractivity contribution in [2.75, 3.05) is 13.6 Å². The van der Waals surface area contributed by atoms with Gasteiger partial charge in [-0.25, -0.2) is 4.79 Å². The van der Waals surface area contributed by atoms with Crippen LogP contribution in [0, 0.1) is 0 Å². The maximum atomic E-state index is 12.7. The third-order valence-corrected chi connectivity index (χ3v) is 6.35. The van der Waals surface area contributed by atoms with E-state index in [0.717, 1.165) is 17.5 Å². The largest absolute Gasteiger partial charge is 0.478 e. The highest BCUT2D eigenvalue weighted by Gasteiger charge is 2.20. The first-order valence-corrected chi connectivity index (χ1v) is 11.7. The number of carboxylic acid groups (broad SMARTS) is 1. The van der Waals surface area contributed by atoms with Crippen LogP contribution in [-0.2, 0) is 22.4 Å². The molecule has 0 spiro atoms. The molecule has 2 atom stereocenters. The summed E-state index contributed by atoms with van der Waals surface area (Å²) in [5.74, 6) is -0.480. The molecule has 1 amide bonds. The second kappa shape index (κ2) is 12.5. The zero-order chi connectivity index (χ0) is 24.3. The molecule has 34 heavy (non-hydrogen) atoms. The lowest BCUT2D eigenvalue weighted by molar-refractivity contribution is -0.131. The average molecular weight is 456 g/mol. The lowest BCUT2D eigenvalue weighted by Gasteiger charge is -2.24. The Morgan fingerprint density at radius 2 is 1.47 bits per heavy atom. The van der Waals surface area contributed by atoms with Gasteiger partial charge < -0.3 is 10.0 Å². The summed E-state index contributed by atoms with van der Waals surface area (Å²) in [5, 5.41) is 9.00. The first kappa shape index (κ1) is 25.0. The van der Waals surface area contributed by atoms with Crippen molar-refractivity contribution in [3.63, 3.8) is 0 Å². The molecule has 0 fully saturated rings. The Morgan fingerprint density at radius 3 is 2.09 bits per heavy atom. The summed E-state index contributed by atoms with van der Waals surface area (Å²) in [6.07, 6.45) is 4.77. The predicted molar refractivity (Wildman–Crippen MR) is 137 cm³/mol. The Balaban J connectivity index is 1.66.